The molecule has 26 heavy (non-hydrogen) atoms. The number of nitrogens with zero attached hydrogens (tertiary/aromatic N) is 2. The van der Waals surface area contributed by atoms with E-state index < -0.39 is 18.0 Å². The van der Waals surface area contributed by atoms with E-state index >= 15 is 0 Å². The molecule has 3 aliphatic heterocycles. The normalized spacial score (nSPS) is 27.2. The van der Waals surface area contributed by atoms with Crippen LogP contribution in [0.1, 0.15) is 13.3 Å². The predicted octanol–water partition coefficient (Wildman–Crippen LogP) is 1.31. The Morgan fingerprint density at radius 2 is 2.00 bits per heavy atom. The van der Waals surface area contributed by atoms with Gasteiger partial charge in [0.1, 0.15) is 17.7 Å². The molecule has 2 bridgehead atoms. The Morgan fingerprint density at radius 3 is 2.62 bits per heavy atom. The van der Waals surface area contributed by atoms with Crippen LogP contribution in [0.3, 0.4) is 0 Å². The molecular formula is C18H20FN3O4. The number of hydrogen-bond acceptors (Lipinski definition) is 5. The molecule has 1 saturated carbocycles. The molecule has 5 rings (SSSR count). The number of fused-ring (bicyclic) bond motifs is 2. The maximum absolute atomic E-state index is 14.6. The molecular weight excluding hydrogens is 341 g/mol. The zero-order valence-corrected chi connectivity index (χ0v) is 14.4. The van der Waals surface area contributed by atoms with Gasteiger partial charge in [-0.2, -0.15) is 0 Å². The van der Waals surface area contributed by atoms with Gasteiger partial charge < -0.3 is 15.0 Å². The van der Waals surface area contributed by atoms with E-state index in [0.29, 0.717) is 30.2 Å². The van der Waals surface area contributed by atoms with Crippen molar-refractivity contribution in [2.24, 2.45) is 11.8 Å². The standard InChI is InChI=1S/C18H20FN3O4/c1-10(23)20-6-14-9-22(18(25)26-14)13-2-3-16(15(19)5-13)21-7-11-4-12(8-21)17(11)24/h2-3,5,11-12,14H,4,6-9H2,1H3,(H,20,23)/t11?,12?,14-/m0/s1. The number of benzene rings is 1. The lowest BCUT2D eigenvalue weighted by Crippen LogP contribution is -2.56. The molecule has 138 valence electrons. The lowest BCUT2D eigenvalue weighted by Gasteiger charge is -2.46. The molecule has 0 aromatic heterocycles. The Hall–Kier alpha value is -2.64. The summed E-state index contributed by atoms with van der Waals surface area (Å²) in [5.41, 5.74) is 0.873. The first-order chi connectivity index (χ1) is 12.4. The van der Waals surface area contributed by atoms with Gasteiger partial charge in [-0.15, -0.1) is 0 Å². The lowest BCUT2D eigenvalue weighted by molar-refractivity contribution is -0.136. The highest BCUT2D eigenvalue weighted by Gasteiger charge is 2.46. The van der Waals surface area contributed by atoms with Crippen molar-refractivity contribution in [2.75, 3.05) is 36.0 Å². The molecule has 3 atom stereocenters. The number of piperidine rings is 2. The summed E-state index contributed by atoms with van der Waals surface area (Å²) in [6.45, 7) is 2.97. The van der Waals surface area contributed by atoms with Crippen LogP contribution in [0.2, 0.25) is 0 Å². The van der Waals surface area contributed by atoms with E-state index in [1.165, 1.54) is 17.9 Å². The van der Waals surface area contributed by atoms with Crippen LogP contribution in [-0.4, -0.2) is 50.1 Å². The molecule has 2 unspecified atom stereocenters. The van der Waals surface area contributed by atoms with Crippen LogP contribution in [0, 0.1) is 17.7 Å². The van der Waals surface area contributed by atoms with Gasteiger partial charge in [-0.05, 0) is 24.6 Å². The van der Waals surface area contributed by atoms with Crippen LogP contribution < -0.4 is 15.1 Å². The van der Waals surface area contributed by atoms with Crippen LogP contribution in [0.25, 0.3) is 0 Å². The average molecular weight is 361 g/mol. The second-order valence-corrected chi connectivity index (χ2v) is 7.13. The minimum atomic E-state index is -0.558. The molecule has 1 aromatic carbocycles. The smallest absolute Gasteiger partial charge is 0.414 e. The summed E-state index contributed by atoms with van der Waals surface area (Å²) < 4.78 is 19.8. The summed E-state index contributed by atoms with van der Waals surface area (Å²) in [6.07, 6.45) is -0.115. The molecule has 1 aliphatic carbocycles. The monoisotopic (exact) mass is 361 g/mol. The number of halogens is 1. The second-order valence-electron chi connectivity index (χ2n) is 7.13. The Bertz CT molecular complexity index is 770. The second kappa shape index (κ2) is 6.26. The van der Waals surface area contributed by atoms with Gasteiger partial charge in [0, 0.05) is 31.8 Å². The lowest BCUT2D eigenvalue weighted by atomic mass is 9.69. The molecule has 0 spiro atoms. The fraction of sp³-hybridized carbons (Fsp3) is 0.500. The van der Waals surface area contributed by atoms with Gasteiger partial charge in [-0.1, -0.05) is 0 Å². The zero-order valence-electron chi connectivity index (χ0n) is 14.4. The number of anilines is 2. The number of ether oxygens (including phenoxy) is 1. The predicted molar refractivity (Wildman–Crippen MR) is 91.5 cm³/mol. The Morgan fingerprint density at radius 1 is 1.27 bits per heavy atom. The molecule has 4 fully saturated rings. The summed E-state index contributed by atoms with van der Waals surface area (Å²) in [5.74, 6) is -0.280. The molecule has 3 heterocycles. The van der Waals surface area contributed by atoms with Crippen molar-refractivity contribution in [3.05, 3.63) is 24.0 Å². The van der Waals surface area contributed by atoms with Gasteiger partial charge in [0.2, 0.25) is 5.91 Å². The number of Topliss-reactive ketones (excluding diaryl/α,β-unsaturated/α-hetero) is 1. The van der Waals surface area contributed by atoms with E-state index in [0.717, 1.165) is 6.42 Å². The first-order valence-electron chi connectivity index (χ1n) is 8.73. The van der Waals surface area contributed by atoms with Gasteiger partial charge >= 0.3 is 6.09 Å². The van der Waals surface area contributed by atoms with Crippen LogP contribution >= 0.6 is 0 Å². The summed E-state index contributed by atoms with van der Waals surface area (Å²) in [4.78, 5) is 38.0. The van der Waals surface area contributed by atoms with Gasteiger partial charge in [0.15, 0.2) is 0 Å². The van der Waals surface area contributed by atoms with E-state index in [9.17, 15) is 18.8 Å². The highest BCUT2D eigenvalue weighted by atomic mass is 19.1. The first-order valence-corrected chi connectivity index (χ1v) is 8.73. The highest BCUT2D eigenvalue weighted by molar-refractivity contribution is 5.92. The third-order valence-electron chi connectivity index (χ3n) is 5.29. The quantitative estimate of drug-likeness (QED) is 0.875. The molecule has 2 amide bonds. The van der Waals surface area contributed by atoms with E-state index in [1.54, 1.807) is 12.1 Å². The van der Waals surface area contributed by atoms with Gasteiger partial charge in [0.05, 0.1) is 24.5 Å². The van der Waals surface area contributed by atoms with E-state index in [-0.39, 0.29) is 30.8 Å². The summed E-state index contributed by atoms with van der Waals surface area (Å²) >= 11 is 0. The van der Waals surface area contributed by atoms with Crippen molar-refractivity contribution < 1.29 is 23.5 Å². The van der Waals surface area contributed by atoms with Crippen molar-refractivity contribution in [1.82, 2.24) is 5.32 Å². The summed E-state index contributed by atoms with van der Waals surface area (Å²) in [5, 5.41) is 2.60. The van der Waals surface area contributed by atoms with E-state index in [2.05, 4.69) is 5.32 Å². The summed E-state index contributed by atoms with van der Waals surface area (Å²) in [6, 6.07) is 4.65. The molecule has 4 aliphatic rings. The number of nitrogens with one attached hydrogen (secondary N) is 1. The van der Waals surface area contributed by atoms with Gasteiger partial charge in [-0.3, -0.25) is 14.5 Å². The largest absolute Gasteiger partial charge is 0.442 e. The Kier molecular flexibility index (Phi) is 4.05. The number of ketones is 1. The van der Waals surface area contributed by atoms with Crippen molar-refractivity contribution in [3.63, 3.8) is 0 Å². The SMILES string of the molecule is CC(=O)NC[C@H]1CN(c2ccc(N3CC4CC(C3)C4=O)c(F)c2)C(=O)O1. The molecule has 7 nitrogen and oxygen atoms in total. The van der Waals surface area contributed by atoms with Crippen molar-refractivity contribution in [2.45, 2.75) is 19.4 Å². The number of cyclic esters (lactones) is 1. The van der Waals surface area contributed by atoms with Gasteiger partial charge in [0.25, 0.3) is 0 Å². The maximum Gasteiger partial charge on any atom is 0.414 e. The Balaban J connectivity index is 1.45. The molecule has 3 saturated heterocycles. The number of carbonyl (C=O) groups excluding carboxylic acids is 3. The molecule has 8 heteroatoms. The summed E-state index contributed by atoms with van der Waals surface area (Å²) in [7, 11) is 0. The number of amides is 2. The number of hydrogen-bond donors (Lipinski definition) is 1. The molecule has 1 aromatic rings. The fourth-order valence-electron chi connectivity index (χ4n) is 3.90. The third kappa shape index (κ3) is 2.89. The minimum Gasteiger partial charge on any atom is -0.442 e. The zero-order chi connectivity index (χ0) is 18.4. The van der Waals surface area contributed by atoms with Crippen molar-refractivity contribution >= 4 is 29.2 Å². The average Bonchev–Trinajstić information content (AvgIpc) is 3.00. The van der Waals surface area contributed by atoms with E-state index in [4.69, 9.17) is 4.74 Å². The fourth-order valence-corrected chi connectivity index (χ4v) is 3.90. The van der Waals surface area contributed by atoms with E-state index in [1.807, 2.05) is 4.90 Å². The number of rotatable bonds is 4. The van der Waals surface area contributed by atoms with Crippen LogP contribution in [0.4, 0.5) is 20.6 Å². The van der Waals surface area contributed by atoms with Gasteiger partial charge in [-0.25, -0.2) is 9.18 Å². The number of carbonyl (C=O) groups is 3. The minimum absolute atomic E-state index is 0.0240. The van der Waals surface area contributed by atoms with Crippen molar-refractivity contribution in [3.8, 4) is 0 Å². The Labute approximate surface area is 150 Å². The molecule has 0 radical (unpaired) electrons. The van der Waals surface area contributed by atoms with Crippen molar-refractivity contribution in [1.29, 1.82) is 0 Å². The topological polar surface area (TPSA) is 79.0 Å². The van der Waals surface area contributed by atoms with Crippen LogP contribution in [0.5, 0.6) is 0 Å². The first kappa shape index (κ1) is 16.8. The molecule has 1 N–H and O–H groups in total. The maximum atomic E-state index is 14.6. The third-order valence-corrected chi connectivity index (χ3v) is 5.29. The van der Waals surface area contributed by atoms with Crippen LogP contribution in [0.15, 0.2) is 18.2 Å². The highest BCUT2D eigenvalue weighted by Crippen LogP contribution is 2.39. The van der Waals surface area contributed by atoms with Crippen LogP contribution in [-0.2, 0) is 14.3 Å².